The van der Waals surface area contributed by atoms with Crippen LogP contribution in [0.15, 0.2) is 75.5 Å². The number of aliphatic imine (C=N–C) groups is 1. The molecule has 1 aliphatic heterocycles. The molecule has 4 N–H and O–H groups in total. The minimum atomic E-state index is -3.05. The maximum absolute atomic E-state index is 13.4. The van der Waals surface area contributed by atoms with Gasteiger partial charge in [0, 0.05) is 18.8 Å². The third-order valence-corrected chi connectivity index (χ3v) is 4.55. The number of amides is 1. The zero-order valence-electron chi connectivity index (χ0n) is 18.7. The molecule has 1 heterocycles. The van der Waals surface area contributed by atoms with Crippen molar-refractivity contribution in [2.45, 2.75) is 13.0 Å². The normalized spacial score (nSPS) is 14.9. The second-order valence-corrected chi connectivity index (χ2v) is 7.05. The summed E-state index contributed by atoms with van der Waals surface area (Å²) in [6.45, 7) is -3.99. The van der Waals surface area contributed by atoms with Gasteiger partial charge in [-0.2, -0.15) is 19.0 Å². The number of carbonyl (C=O) groups is 1. The van der Waals surface area contributed by atoms with Gasteiger partial charge in [0.05, 0.1) is 17.0 Å². The minimum absolute atomic E-state index is 0.151. The Hall–Kier alpha value is -4.55. The van der Waals surface area contributed by atoms with E-state index in [1.807, 2.05) is 0 Å². The van der Waals surface area contributed by atoms with Crippen LogP contribution in [-0.2, 0) is 9.53 Å². The first-order valence-electron chi connectivity index (χ1n) is 10.2. The lowest BCUT2D eigenvalue weighted by molar-refractivity contribution is -0.111. The molecule has 188 valence electrons. The van der Waals surface area contributed by atoms with Gasteiger partial charge in [-0.1, -0.05) is 12.1 Å². The van der Waals surface area contributed by atoms with Crippen LogP contribution in [0, 0.1) is 5.41 Å². The van der Waals surface area contributed by atoms with Crippen molar-refractivity contribution in [3.63, 3.8) is 0 Å². The van der Waals surface area contributed by atoms with Gasteiger partial charge >= 0.3 is 6.61 Å². The number of hydrogen-bond donors (Lipinski definition) is 3. The van der Waals surface area contributed by atoms with E-state index >= 15 is 0 Å². The Morgan fingerprint density at radius 3 is 2.50 bits per heavy atom. The predicted octanol–water partition coefficient (Wildman–Crippen LogP) is 5.20. The third kappa shape index (κ3) is 6.74. The number of azo groups is 1. The van der Waals surface area contributed by atoms with E-state index in [2.05, 4.69) is 25.3 Å². The molecule has 1 amide bonds. The average Bonchev–Trinajstić information content (AvgIpc) is 2.82. The molecule has 13 heteroatoms. The van der Waals surface area contributed by atoms with Crippen molar-refractivity contribution in [1.29, 1.82) is 5.41 Å². The van der Waals surface area contributed by atoms with Crippen molar-refractivity contribution >= 4 is 40.2 Å². The van der Waals surface area contributed by atoms with Crippen molar-refractivity contribution in [1.82, 2.24) is 0 Å². The van der Waals surface area contributed by atoms with Gasteiger partial charge in [0.15, 0.2) is 6.61 Å². The van der Waals surface area contributed by atoms with Crippen LogP contribution in [0.1, 0.15) is 5.56 Å². The fourth-order valence-corrected chi connectivity index (χ4v) is 3.05. The van der Waals surface area contributed by atoms with Gasteiger partial charge in [-0.15, -0.1) is 0 Å². The minimum Gasteiger partial charge on any atom is -0.472 e. The standard InChI is InChI=1S/C23H20F4N6O3/c1-30-33-17-10-13(4-7-15(17)28)31-22(34)20(12-2-5-14(6-3-12)36-23(26)27)21-16(29)8-9-19(32-21)35-11-18(24)25/h2-10,18,23,29H,11,28H2,1H3,(H,31,34)/b21-20+,29-16?,33-30?. The molecule has 0 saturated heterocycles. The summed E-state index contributed by atoms with van der Waals surface area (Å²) in [5.41, 5.74) is 6.37. The number of allylic oxidation sites excluding steroid dienone is 1. The fraction of sp³-hybridized carbons (Fsp3) is 0.174. The molecule has 1 aliphatic rings. The molecule has 0 atom stereocenters. The van der Waals surface area contributed by atoms with Crippen molar-refractivity contribution in [2.24, 2.45) is 15.2 Å². The number of anilines is 2. The van der Waals surface area contributed by atoms with E-state index in [-0.39, 0.29) is 39.9 Å². The highest BCUT2D eigenvalue weighted by molar-refractivity contribution is 6.33. The maximum atomic E-state index is 13.4. The summed E-state index contributed by atoms with van der Waals surface area (Å²) < 4.78 is 59.5. The number of nitrogens with one attached hydrogen (secondary N) is 2. The van der Waals surface area contributed by atoms with Gasteiger partial charge in [0.2, 0.25) is 5.90 Å². The van der Waals surface area contributed by atoms with Crippen LogP contribution in [0.2, 0.25) is 0 Å². The molecule has 0 aliphatic carbocycles. The summed E-state index contributed by atoms with van der Waals surface area (Å²) in [5, 5.41) is 18.4. The number of carbonyl (C=O) groups excluding carboxylic acids is 1. The van der Waals surface area contributed by atoms with Crippen LogP contribution >= 0.6 is 0 Å². The number of halogens is 4. The number of hydrogen-bond acceptors (Lipinski definition) is 8. The van der Waals surface area contributed by atoms with E-state index in [0.29, 0.717) is 11.4 Å². The molecule has 2 aromatic carbocycles. The molecule has 0 unspecified atom stereocenters. The molecule has 0 aromatic heterocycles. The van der Waals surface area contributed by atoms with Gasteiger partial charge in [0.1, 0.15) is 17.1 Å². The summed E-state index contributed by atoms with van der Waals surface area (Å²) in [6.07, 6.45) is -0.320. The second-order valence-electron chi connectivity index (χ2n) is 7.05. The Morgan fingerprint density at radius 1 is 1.14 bits per heavy atom. The lowest BCUT2D eigenvalue weighted by Gasteiger charge is -2.17. The van der Waals surface area contributed by atoms with Gasteiger partial charge < -0.3 is 20.5 Å². The zero-order valence-corrected chi connectivity index (χ0v) is 18.7. The Bertz CT molecular complexity index is 1260. The number of nitrogen functional groups attached to an aromatic ring is 1. The van der Waals surface area contributed by atoms with Crippen LogP contribution in [-0.4, -0.2) is 44.2 Å². The molecule has 0 bridgehead atoms. The lowest BCUT2D eigenvalue weighted by atomic mass is 9.99. The summed E-state index contributed by atoms with van der Waals surface area (Å²) >= 11 is 0. The predicted molar refractivity (Wildman–Crippen MR) is 126 cm³/mol. The largest absolute Gasteiger partial charge is 0.472 e. The topological polar surface area (TPSA) is 135 Å². The number of nitrogens with zero attached hydrogens (tertiary/aromatic N) is 3. The van der Waals surface area contributed by atoms with E-state index < -0.39 is 25.6 Å². The molecular weight excluding hydrogens is 484 g/mol. The maximum Gasteiger partial charge on any atom is 0.387 e. The smallest absolute Gasteiger partial charge is 0.387 e. The number of nitrogens with two attached hydrogens (primary N) is 1. The number of ether oxygens (including phenoxy) is 2. The van der Waals surface area contributed by atoms with Gasteiger partial charge in [-0.3, -0.25) is 10.2 Å². The van der Waals surface area contributed by atoms with Crippen molar-refractivity contribution in [2.75, 3.05) is 24.7 Å². The van der Waals surface area contributed by atoms with Crippen molar-refractivity contribution in [3.05, 3.63) is 65.9 Å². The lowest BCUT2D eigenvalue weighted by Crippen LogP contribution is -2.20. The van der Waals surface area contributed by atoms with E-state index in [0.717, 1.165) is 0 Å². The van der Waals surface area contributed by atoms with Crippen LogP contribution in [0.5, 0.6) is 5.75 Å². The monoisotopic (exact) mass is 504 g/mol. The van der Waals surface area contributed by atoms with Gasteiger partial charge in [-0.05, 0) is 42.0 Å². The van der Waals surface area contributed by atoms with Gasteiger partial charge in [-0.25, -0.2) is 13.8 Å². The molecule has 0 fully saturated rings. The molecule has 0 saturated carbocycles. The SMILES string of the molecule is CN=Nc1cc(NC(=O)/C(=C2/N=C(OCC(F)F)C=CC2=N)c2ccc(OC(F)F)cc2)ccc1N. The van der Waals surface area contributed by atoms with Gasteiger partial charge in [0.25, 0.3) is 12.3 Å². The van der Waals surface area contributed by atoms with E-state index in [9.17, 15) is 22.4 Å². The van der Waals surface area contributed by atoms with E-state index in [1.165, 1.54) is 61.7 Å². The highest BCUT2D eigenvalue weighted by Crippen LogP contribution is 2.30. The first-order chi connectivity index (χ1) is 17.2. The number of dihydropyridines is 1. The third-order valence-electron chi connectivity index (χ3n) is 4.55. The second kappa shape index (κ2) is 11.7. The molecule has 0 radical (unpaired) electrons. The first-order valence-corrected chi connectivity index (χ1v) is 10.2. The van der Waals surface area contributed by atoms with Crippen molar-refractivity contribution < 1.29 is 31.8 Å². The summed E-state index contributed by atoms with van der Waals surface area (Å²) in [6, 6.07) is 9.53. The highest BCUT2D eigenvalue weighted by Gasteiger charge is 2.24. The van der Waals surface area contributed by atoms with Crippen LogP contribution in [0.4, 0.5) is 34.6 Å². The Kier molecular flexibility index (Phi) is 8.49. The molecule has 2 aromatic rings. The Balaban J connectivity index is 2.06. The summed E-state index contributed by atoms with van der Waals surface area (Å²) in [5.74, 6) is -1.13. The zero-order chi connectivity index (χ0) is 26.2. The number of alkyl halides is 4. The summed E-state index contributed by atoms with van der Waals surface area (Å²) in [4.78, 5) is 17.5. The van der Waals surface area contributed by atoms with Crippen LogP contribution in [0.25, 0.3) is 5.57 Å². The number of rotatable bonds is 8. The Labute approximate surface area is 202 Å². The molecule has 0 spiro atoms. The molecular formula is C23H20F4N6O3. The van der Waals surface area contributed by atoms with Crippen molar-refractivity contribution in [3.8, 4) is 5.75 Å². The van der Waals surface area contributed by atoms with E-state index in [1.54, 1.807) is 0 Å². The molecule has 3 rings (SSSR count). The average molecular weight is 504 g/mol. The van der Waals surface area contributed by atoms with Crippen LogP contribution in [0.3, 0.4) is 0 Å². The molecule has 9 nitrogen and oxygen atoms in total. The Morgan fingerprint density at radius 2 is 1.86 bits per heavy atom. The molecule has 36 heavy (non-hydrogen) atoms. The highest BCUT2D eigenvalue weighted by atomic mass is 19.3. The quantitative estimate of drug-likeness (QED) is 0.197. The fourth-order valence-electron chi connectivity index (χ4n) is 3.05. The first kappa shape index (κ1) is 26.1. The number of benzene rings is 2. The van der Waals surface area contributed by atoms with E-state index in [4.69, 9.17) is 15.9 Å². The van der Waals surface area contributed by atoms with Crippen LogP contribution < -0.4 is 15.8 Å². The summed E-state index contributed by atoms with van der Waals surface area (Å²) in [7, 11) is 1.45.